The number of carbonyl (C=O) groups excluding carboxylic acids is 2. The molecule has 3 fully saturated rings. The molecule has 1 aliphatic carbocycles. The van der Waals surface area contributed by atoms with Crippen molar-refractivity contribution in [2.75, 3.05) is 23.4 Å². The summed E-state index contributed by atoms with van der Waals surface area (Å²) < 4.78 is 36.1. The molecule has 3 aliphatic rings. The average molecular weight is 485 g/mol. The van der Waals surface area contributed by atoms with Crippen molar-refractivity contribution in [1.82, 2.24) is 24.4 Å². The summed E-state index contributed by atoms with van der Waals surface area (Å²) in [5, 5.41) is 10.9. The third-order valence-electron chi connectivity index (χ3n) is 7.32. The Morgan fingerprint density at radius 1 is 1.23 bits per heavy atom. The second-order valence-electron chi connectivity index (χ2n) is 9.48. The highest BCUT2D eigenvalue weighted by atomic mass is 19.3. The van der Waals surface area contributed by atoms with Crippen LogP contribution in [0.2, 0.25) is 0 Å². The normalized spacial score (nSPS) is 26.1. The quantitative estimate of drug-likeness (QED) is 0.535. The second kappa shape index (κ2) is 8.67. The van der Waals surface area contributed by atoms with Gasteiger partial charge in [-0.25, -0.2) is 18.3 Å². The van der Waals surface area contributed by atoms with E-state index < -0.39 is 18.0 Å². The number of fused-ring (bicyclic) bond motifs is 3. The fourth-order valence-corrected chi connectivity index (χ4v) is 5.40. The van der Waals surface area contributed by atoms with Gasteiger partial charge in [0.1, 0.15) is 17.7 Å². The average Bonchev–Trinajstić information content (AvgIpc) is 3.66. The largest absolute Gasteiger partial charge is 0.374 e. The number of hydrogen-bond acceptors (Lipinski definition) is 7. The fourth-order valence-electron chi connectivity index (χ4n) is 5.40. The van der Waals surface area contributed by atoms with E-state index in [0.29, 0.717) is 37.9 Å². The molecular formula is C23H25F2N7O3. The van der Waals surface area contributed by atoms with Crippen LogP contribution in [-0.2, 0) is 9.53 Å². The monoisotopic (exact) mass is 485 g/mol. The van der Waals surface area contributed by atoms with Gasteiger partial charge in [-0.3, -0.25) is 9.48 Å². The van der Waals surface area contributed by atoms with E-state index in [1.54, 1.807) is 6.20 Å². The molecule has 1 unspecified atom stereocenters. The topological polar surface area (TPSA) is 107 Å². The van der Waals surface area contributed by atoms with Crippen LogP contribution < -0.4 is 10.2 Å². The molecule has 184 valence electrons. The molecule has 10 nitrogen and oxygen atoms in total. The zero-order valence-electron chi connectivity index (χ0n) is 18.9. The molecular weight excluding hydrogens is 460 g/mol. The highest BCUT2D eigenvalue weighted by molar-refractivity contribution is 6.08. The Morgan fingerprint density at radius 2 is 2.06 bits per heavy atom. The molecule has 2 saturated heterocycles. The lowest BCUT2D eigenvalue weighted by Gasteiger charge is -2.27. The van der Waals surface area contributed by atoms with Crippen molar-refractivity contribution in [3.05, 3.63) is 35.9 Å². The number of carbonyl (C=O) groups is 2. The number of rotatable bonds is 6. The third-order valence-corrected chi connectivity index (χ3v) is 7.32. The lowest BCUT2D eigenvalue weighted by atomic mass is 9.87. The van der Waals surface area contributed by atoms with Crippen LogP contribution in [0.4, 0.5) is 20.3 Å². The zero-order chi connectivity index (χ0) is 24.1. The van der Waals surface area contributed by atoms with Crippen LogP contribution in [-0.4, -0.2) is 61.9 Å². The molecule has 0 aromatic carbocycles. The maximum Gasteiger partial charge on any atom is 0.284 e. The number of amides is 1. The Balaban J connectivity index is 1.25. The van der Waals surface area contributed by atoms with Gasteiger partial charge in [0.05, 0.1) is 36.7 Å². The van der Waals surface area contributed by atoms with Crippen LogP contribution in [0.1, 0.15) is 60.6 Å². The van der Waals surface area contributed by atoms with Crippen LogP contribution in [0.3, 0.4) is 0 Å². The minimum Gasteiger partial charge on any atom is -0.374 e. The minimum absolute atomic E-state index is 0.00632. The van der Waals surface area contributed by atoms with Crippen LogP contribution in [0.15, 0.2) is 24.7 Å². The molecule has 5 heterocycles. The molecule has 2 atom stereocenters. The van der Waals surface area contributed by atoms with Gasteiger partial charge < -0.3 is 19.7 Å². The maximum atomic E-state index is 13.8. The van der Waals surface area contributed by atoms with E-state index >= 15 is 0 Å². The van der Waals surface area contributed by atoms with Crippen molar-refractivity contribution in [2.45, 2.75) is 56.7 Å². The molecule has 3 aromatic rings. The Labute approximate surface area is 199 Å². The number of nitrogens with one attached hydrogen (secondary N) is 1. The van der Waals surface area contributed by atoms with Gasteiger partial charge in [-0.05, 0) is 38.2 Å². The SMILES string of the molecule is O=CC1CCC(n2cc(NC(=O)c3cnn4ccc(N5C[C@H]6CC5CO6)nc34)c(C(F)F)n2)CC1. The van der Waals surface area contributed by atoms with E-state index in [1.165, 1.54) is 21.6 Å². The summed E-state index contributed by atoms with van der Waals surface area (Å²) in [6.07, 6.45) is 6.56. The first-order chi connectivity index (χ1) is 17.0. The smallest absolute Gasteiger partial charge is 0.284 e. The number of alkyl halides is 2. The number of aldehydes is 1. The van der Waals surface area contributed by atoms with Gasteiger partial charge >= 0.3 is 0 Å². The highest BCUT2D eigenvalue weighted by Gasteiger charge is 2.39. The standard InChI is InChI=1S/C23H25F2N7O3/c24-21(25)20-18(10-32(29-20)14-3-1-13(11-33)2-4-14)27-23(34)17-8-26-31-6-5-19(28-22(17)31)30-9-16-7-15(30)12-35-16/h5-6,8,10-11,13-16,21H,1-4,7,9,12H2,(H,27,34)/t13?,14?,15?,16-/m1/s1. The van der Waals surface area contributed by atoms with Gasteiger partial charge in [-0.15, -0.1) is 0 Å². The Kier molecular flexibility index (Phi) is 5.47. The van der Waals surface area contributed by atoms with Crippen molar-refractivity contribution in [1.29, 1.82) is 0 Å². The second-order valence-corrected chi connectivity index (χ2v) is 9.48. The van der Waals surface area contributed by atoms with Gasteiger partial charge in [0.2, 0.25) is 0 Å². The first-order valence-corrected chi connectivity index (χ1v) is 11.9. The number of ether oxygens (including phenoxy) is 1. The predicted octanol–water partition coefficient (Wildman–Crippen LogP) is 3.02. The maximum absolute atomic E-state index is 13.8. The zero-order valence-corrected chi connectivity index (χ0v) is 18.9. The number of anilines is 2. The number of halogens is 2. The summed E-state index contributed by atoms with van der Waals surface area (Å²) in [5.41, 5.74) is 0.0230. The molecule has 6 rings (SSSR count). The molecule has 3 aromatic heterocycles. The predicted molar refractivity (Wildman–Crippen MR) is 121 cm³/mol. The first kappa shape index (κ1) is 22.1. The number of hydrogen-bond donors (Lipinski definition) is 1. The van der Waals surface area contributed by atoms with Crippen molar-refractivity contribution in [3.63, 3.8) is 0 Å². The molecule has 35 heavy (non-hydrogen) atoms. The van der Waals surface area contributed by atoms with Crippen molar-refractivity contribution in [2.24, 2.45) is 5.92 Å². The third kappa shape index (κ3) is 3.95. The van der Waals surface area contributed by atoms with Gasteiger partial charge in [0, 0.05) is 24.9 Å². The van der Waals surface area contributed by atoms with Crippen LogP contribution in [0.25, 0.3) is 5.65 Å². The van der Waals surface area contributed by atoms with E-state index in [1.807, 2.05) is 6.07 Å². The van der Waals surface area contributed by atoms with Crippen molar-refractivity contribution < 1.29 is 23.1 Å². The molecule has 1 saturated carbocycles. The Hall–Kier alpha value is -3.41. The lowest BCUT2D eigenvalue weighted by Crippen LogP contribution is -2.37. The van der Waals surface area contributed by atoms with E-state index in [0.717, 1.165) is 25.1 Å². The minimum atomic E-state index is -2.85. The van der Waals surface area contributed by atoms with Crippen LogP contribution in [0.5, 0.6) is 0 Å². The lowest BCUT2D eigenvalue weighted by molar-refractivity contribution is -0.112. The molecule has 0 spiro atoms. The number of aromatic nitrogens is 5. The van der Waals surface area contributed by atoms with E-state index in [4.69, 9.17) is 4.74 Å². The summed E-state index contributed by atoms with van der Waals surface area (Å²) in [6, 6.07) is 2.02. The van der Waals surface area contributed by atoms with Crippen LogP contribution >= 0.6 is 0 Å². The molecule has 1 amide bonds. The summed E-state index contributed by atoms with van der Waals surface area (Å²) in [5.74, 6) is 0.156. The summed E-state index contributed by atoms with van der Waals surface area (Å²) in [6.45, 7) is 1.40. The van der Waals surface area contributed by atoms with Gasteiger partial charge in [-0.1, -0.05) is 0 Å². The van der Waals surface area contributed by atoms with E-state index in [-0.39, 0.29) is 35.4 Å². The first-order valence-electron chi connectivity index (χ1n) is 11.9. The van der Waals surface area contributed by atoms with Crippen molar-refractivity contribution >= 4 is 29.3 Å². The van der Waals surface area contributed by atoms with E-state index in [2.05, 4.69) is 25.4 Å². The molecule has 0 radical (unpaired) electrons. The molecule has 2 bridgehead atoms. The van der Waals surface area contributed by atoms with Gasteiger partial charge in [0.25, 0.3) is 12.3 Å². The summed E-state index contributed by atoms with van der Waals surface area (Å²) in [7, 11) is 0. The molecule has 12 heteroatoms. The molecule has 2 aliphatic heterocycles. The highest BCUT2D eigenvalue weighted by Crippen LogP contribution is 2.35. The Bertz CT molecular complexity index is 1270. The van der Waals surface area contributed by atoms with E-state index in [9.17, 15) is 18.4 Å². The Morgan fingerprint density at radius 3 is 2.74 bits per heavy atom. The molecule has 1 N–H and O–H groups in total. The van der Waals surface area contributed by atoms with Gasteiger partial charge in [-0.2, -0.15) is 10.2 Å². The van der Waals surface area contributed by atoms with Crippen LogP contribution in [0, 0.1) is 5.92 Å². The number of morpholine rings is 1. The summed E-state index contributed by atoms with van der Waals surface area (Å²) in [4.78, 5) is 31.0. The summed E-state index contributed by atoms with van der Waals surface area (Å²) >= 11 is 0. The van der Waals surface area contributed by atoms with Gasteiger partial charge in [0.15, 0.2) is 11.3 Å². The fraction of sp³-hybridized carbons (Fsp3) is 0.522. The van der Waals surface area contributed by atoms with Crippen molar-refractivity contribution in [3.8, 4) is 0 Å². The number of nitrogens with zero attached hydrogens (tertiary/aromatic N) is 6.